The smallest absolute Gasteiger partial charge is 0.504 e. The fraction of sp³-hybridized carbons (Fsp3) is 0.318. The Kier molecular flexibility index (Phi) is 3.91. The number of hydrogen-bond donors (Lipinski definition) is 2. The van der Waals surface area contributed by atoms with Crippen LogP contribution in [0.25, 0.3) is 6.08 Å². The minimum absolute atomic E-state index is 0.0225. The highest BCUT2D eigenvalue weighted by atomic mass is 16.7. The second-order valence-corrected chi connectivity index (χ2v) is 7.61. The molecule has 140 valence electrons. The van der Waals surface area contributed by atoms with Crippen molar-refractivity contribution in [3.63, 3.8) is 0 Å². The van der Waals surface area contributed by atoms with Crippen LogP contribution >= 0.6 is 0 Å². The van der Waals surface area contributed by atoms with Crippen molar-refractivity contribution in [1.29, 1.82) is 0 Å². The van der Waals surface area contributed by atoms with Gasteiger partial charge in [0.1, 0.15) is 11.4 Å². The molecule has 4 rings (SSSR count). The second kappa shape index (κ2) is 6.05. The van der Waals surface area contributed by atoms with Gasteiger partial charge in [-0.2, -0.15) is 0 Å². The molecule has 0 unspecified atom stereocenters. The first-order chi connectivity index (χ1) is 12.8. The summed E-state index contributed by atoms with van der Waals surface area (Å²) in [4.78, 5) is 10.8. The van der Waals surface area contributed by atoms with E-state index in [9.17, 15) is 9.90 Å². The maximum atomic E-state index is 10.8. The standard InChI is InChI=1S/C22H22O5/c1-4-12-10-19-15(5-6-22(2,3)27-19)17-8-13-9-18(23)20(26-21(24)25)11-14(13)7-16(12)17/h5-6,9-11,23H,4,7-8H2,1-3H3,(H,24,25). The van der Waals surface area contributed by atoms with Crippen LogP contribution in [-0.4, -0.2) is 22.0 Å². The third kappa shape index (κ3) is 3.03. The average Bonchev–Trinajstić information content (AvgIpc) is 2.59. The number of rotatable bonds is 2. The molecule has 2 aliphatic rings. The van der Waals surface area contributed by atoms with Crippen LogP contribution < -0.4 is 9.47 Å². The normalized spacial score (nSPS) is 16.0. The highest BCUT2D eigenvalue weighted by Gasteiger charge is 2.29. The number of carboxylic acid groups (broad SMARTS) is 1. The summed E-state index contributed by atoms with van der Waals surface area (Å²) in [6, 6.07) is 5.37. The predicted molar refractivity (Wildman–Crippen MR) is 102 cm³/mol. The van der Waals surface area contributed by atoms with Gasteiger partial charge in [0.15, 0.2) is 11.5 Å². The Balaban J connectivity index is 1.83. The van der Waals surface area contributed by atoms with Crippen molar-refractivity contribution >= 4 is 12.2 Å². The first kappa shape index (κ1) is 17.5. The van der Waals surface area contributed by atoms with E-state index in [1.165, 1.54) is 16.7 Å². The van der Waals surface area contributed by atoms with Gasteiger partial charge < -0.3 is 19.7 Å². The van der Waals surface area contributed by atoms with Crippen molar-refractivity contribution in [1.82, 2.24) is 0 Å². The van der Waals surface area contributed by atoms with Crippen LogP contribution in [0.4, 0.5) is 4.79 Å². The predicted octanol–water partition coefficient (Wildman–Crippen LogP) is 4.69. The summed E-state index contributed by atoms with van der Waals surface area (Å²) in [7, 11) is 0. The monoisotopic (exact) mass is 366 g/mol. The van der Waals surface area contributed by atoms with Crippen LogP contribution in [0.3, 0.4) is 0 Å². The summed E-state index contributed by atoms with van der Waals surface area (Å²) in [6.45, 7) is 6.20. The molecule has 2 N–H and O–H groups in total. The van der Waals surface area contributed by atoms with E-state index in [1.54, 1.807) is 12.1 Å². The zero-order valence-corrected chi connectivity index (χ0v) is 15.6. The van der Waals surface area contributed by atoms with Crippen LogP contribution in [0.15, 0.2) is 24.3 Å². The van der Waals surface area contributed by atoms with Crippen LogP contribution in [0.1, 0.15) is 54.2 Å². The minimum Gasteiger partial charge on any atom is -0.504 e. The lowest BCUT2D eigenvalue weighted by atomic mass is 9.79. The summed E-state index contributed by atoms with van der Waals surface area (Å²) in [5.74, 6) is 0.718. The Morgan fingerprint density at radius 2 is 1.89 bits per heavy atom. The molecule has 0 saturated heterocycles. The lowest BCUT2D eigenvalue weighted by Gasteiger charge is -2.32. The van der Waals surface area contributed by atoms with Crippen molar-refractivity contribution in [2.24, 2.45) is 0 Å². The van der Waals surface area contributed by atoms with E-state index in [0.29, 0.717) is 12.8 Å². The molecule has 0 saturated carbocycles. The van der Waals surface area contributed by atoms with Gasteiger partial charge in [-0.3, -0.25) is 0 Å². The van der Waals surface area contributed by atoms with Gasteiger partial charge in [-0.1, -0.05) is 13.0 Å². The molecule has 1 heterocycles. The van der Waals surface area contributed by atoms with Gasteiger partial charge in [0.05, 0.1) is 0 Å². The molecule has 0 fully saturated rings. The zero-order chi connectivity index (χ0) is 19.3. The maximum Gasteiger partial charge on any atom is 0.511 e. The van der Waals surface area contributed by atoms with Gasteiger partial charge >= 0.3 is 6.16 Å². The molecule has 0 spiro atoms. The highest BCUT2D eigenvalue weighted by molar-refractivity contribution is 5.71. The lowest BCUT2D eigenvalue weighted by Crippen LogP contribution is -2.28. The van der Waals surface area contributed by atoms with Gasteiger partial charge in [0.2, 0.25) is 0 Å². The number of fused-ring (bicyclic) bond motifs is 4. The Morgan fingerprint density at radius 3 is 2.59 bits per heavy atom. The van der Waals surface area contributed by atoms with Crippen molar-refractivity contribution < 1.29 is 24.5 Å². The van der Waals surface area contributed by atoms with E-state index in [4.69, 9.17) is 14.6 Å². The average molecular weight is 366 g/mol. The zero-order valence-electron chi connectivity index (χ0n) is 15.6. The molecule has 0 aromatic heterocycles. The van der Waals surface area contributed by atoms with E-state index in [0.717, 1.165) is 28.9 Å². The van der Waals surface area contributed by atoms with E-state index in [-0.39, 0.29) is 17.1 Å². The SMILES string of the molecule is CCc1cc2c(c3c1Cc1cc(OC(=O)O)c(O)cc1C3)C=CC(C)(C)O2. The Morgan fingerprint density at radius 1 is 1.19 bits per heavy atom. The topological polar surface area (TPSA) is 76.0 Å². The third-order valence-corrected chi connectivity index (χ3v) is 5.27. The van der Waals surface area contributed by atoms with Crippen molar-refractivity contribution in [3.05, 3.63) is 57.7 Å². The number of ether oxygens (including phenoxy) is 2. The van der Waals surface area contributed by atoms with Crippen LogP contribution in [0.2, 0.25) is 0 Å². The summed E-state index contributed by atoms with van der Waals surface area (Å²) >= 11 is 0. The molecule has 0 radical (unpaired) electrons. The van der Waals surface area contributed by atoms with E-state index in [2.05, 4.69) is 25.1 Å². The van der Waals surface area contributed by atoms with Crippen LogP contribution in [0, 0.1) is 0 Å². The Hall–Kier alpha value is -2.95. The second-order valence-electron chi connectivity index (χ2n) is 7.61. The number of phenolic OH excluding ortho intramolecular Hbond substituents is 1. The van der Waals surface area contributed by atoms with Gasteiger partial charge in [-0.25, -0.2) is 4.79 Å². The fourth-order valence-corrected chi connectivity index (χ4v) is 3.97. The quantitative estimate of drug-likeness (QED) is 0.508. The molecule has 2 aromatic carbocycles. The van der Waals surface area contributed by atoms with Gasteiger partial charge in [0, 0.05) is 5.56 Å². The summed E-state index contributed by atoms with van der Waals surface area (Å²) in [6.07, 6.45) is 4.98. The number of aryl methyl sites for hydroxylation is 1. The van der Waals surface area contributed by atoms with Crippen LogP contribution in [-0.2, 0) is 19.3 Å². The molecule has 27 heavy (non-hydrogen) atoms. The molecule has 0 bridgehead atoms. The molecule has 1 aliphatic carbocycles. The van der Waals surface area contributed by atoms with E-state index >= 15 is 0 Å². The number of benzene rings is 2. The lowest BCUT2D eigenvalue weighted by molar-refractivity contribution is 0.142. The Labute approximate surface area is 157 Å². The third-order valence-electron chi connectivity index (χ3n) is 5.27. The maximum absolute atomic E-state index is 10.8. The molecule has 0 atom stereocenters. The molecule has 5 heteroatoms. The minimum atomic E-state index is -1.44. The van der Waals surface area contributed by atoms with Crippen molar-refractivity contribution in [2.45, 2.75) is 45.6 Å². The van der Waals surface area contributed by atoms with Gasteiger partial charge in [-0.15, -0.1) is 0 Å². The van der Waals surface area contributed by atoms with Crippen LogP contribution in [0.5, 0.6) is 17.2 Å². The largest absolute Gasteiger partial charge is 0.511 e. The van der Waals surface area contributed by atoms with Gasteiger partial charge in [-0.05, 0) is 85.2 Å². The number of phenols is 1. The fourth-order valence-electron chi connectivity index (χ4n) is 3.97. The summed E-state index contributed by atoms with van der Waals surface area (Å²) < 4.78 is 10.9. The molecule has 2 aromatic rings. The highest BCUT2D eigenvalue weighted by Crippen LogP contribution is 2.43. The number of aromatic hydroxyl groups is 1. The molecular formula is C22H22O5. The first-order valence-corrected chi connectivity index (χ1v) is 9.09. The van der Waals surface area contributed by atoms with Crippen molar-refractivity contribution in [2.75, 3.05) is 0 Å². The summed E-state index contributed by atoms with van der Waals surface area (Å²) in [5, 5.41) is 19.0. The molecular weight excluding hydrogens is 344 g/mol. The molecule has 1 aliphatic heterocycles. The molecule has 5 nitrogen and oxygen atoms in total. The van der Waals surface area contributed by atoms with E-state index in [1.807, 2.05) is 13.8 Å². The van der Waals surface area contributed by atoms with Crippen molar-refractivity contribution in [3.8, 4) is 17.2 Å². The number of carbonyl (C=O) groups is 1. The Bertz CT molecular complexity index is 985. The summed E-state index contributed by atoms with van der Waals surface area (Å²) in [5.41, 5.74) is 6.42. The van der Waals surface area contributed by atoms with Gasteiger partial charge in [0.25, 0.3) is 0 Å². The van der Waals surface area contributed by atoms with E-state index < -0.39 is 6.16 Å². The molecule has 0 amide bonds. The number of hydrogen-bond acceptors (Lipinski definition) is 4. The first-order valence-electron chi connectivity index (χ1n) is 9.09.